The van der Waals surface area contributed by atoms with Gasteiger partial charge in [-0.1, -0.05) is 0 Å². The van der Waals surface area contributed by atoms with Gasteiger partial charge in [0.15, 0.2) is 0 Å². The molecular formula is C20H22N2O6. The minimum atomic E-state index is -1.05. The normalized spacial score (nSPS) is 18.0. The predicted octanol–water partition coefficient (Wildman–Crippen LogP) is 1.27. The molecule has 8 heteroatoms. The number of carbonyl (C=O) groups is 5. The molecule has 0 bridgehead atoms. The number of hydrogen-bond acceptors (Lipinski definition) is 6. The second kappa shape index (κ2) is 8.33. The van der Waals surface area contributed by atoms with Crippen LogP contribution >= 0.6 is 0 Å². The molecule has 2 aliphatic rings. The number of aldehydes is 1. The molecule has 8 nitrogen and oxygen atoms in total. The highest BCUT2D eigenvalue weighted by Crippen LogP contribution is 2.31. The van der Waals surface area contributed by atoms with E-state index in [0.29, 0.717) is 37.7 Å². The number of hydrogen-bond donors (Lipinski definition) is 1. The number of carbonyl (C=O) groups excluding carboxylic acids is 5. The molecular weight excluding hydrogens is 364 g/mol. The van der Waals surface area contributed by atoms with E-state index in [2.05, 4.69) is 5.32 Å². The zero-order chi connectivity index (χ0) is 20.3. The van der Waals surface area contributed by atoms with Crippen LogP contribution in [-0.4, -0.2) is 53.9 Å². The lowest BCUT2D eigenvalue weighted by Crippen LogP contribution is -2.48. The molecule has 0 saturated heterocycles. The molecule has 0 aromatic heterocycles. The largest absolute Gasteiger partial charge is 0.490 e. The van der Waals surface area contributed by atoms with Crippen molar-refractivity contribution in [2.24, 2.45) is 0 Å². The fourth-order valence-corrected chi connectivity index (χ4v) is 3.59. The molecule has 1 heterocycles. The number of likely N-dealkylation sites (N-methyl/N-ethyl adjacent to an activating group) is 1. The first kappa shape index (κ1) is 19.7. The molecule has 148 valence electrons. The highest BCUT2D eigenvalue weighted by molar-refractivity contribution is 6.23. The Kier molecular flexibility index (Phi) is 5.87. The van der Waals surface area contributed by atoms with Gasteiger partial charge in [0.05, 0.1) is 17.2 Å². The first-order valence-electron chi connectivity index (χ1n) is 9.31. The minimum absolute atomic E-state index is 0.0558. The van der Waals surface area contributed by atoms with Gasteiger partial charge in [-0.3, -0.25) is 24.1 Å². The summed E-state index contributed by atoms with van der Waals surface area (Å²) in [7, 11) is 1.41. The SMILES string of the molecule is CNC(=O)C(CCC=O)N1C(=O)c2ccc(OC3CCC(=O)CC3)cc2C1=O. The van der Waals surface area contributed by atoms with E-state index in [0.717, 1.165) is 4.90 Å². The van der Waals surface area contributed by atoms with E-state index in [1.807, 2.05) is 0 Å². The van der Waals surface area contributed by atoms with Gasteiger partial charge in [0, 0.05) is 26.3 Å². The molecule has 0 radical (unpaired) electrons. The van der Waals surface area contributed by atoms with Gasteiger partial charge in [-0.15, -0.1) is 0 Å². The van der Waals surface area contributed by atoms with Crippen LogP contribution in [0.25, 0.3) is 0 Å². The fraction of sp³-hybridized carbons (Fsp3) is 0.450. The molecule has 1 aliphatic carbocycles. The molecule has 1 fully saturated rings. The number of imide groups is 1. The maximum Gasteiger partial charge on any atom is 0.262 e. The van der Waals surface area contributed by atoms with Gasteiger partial charge in [0.25, 0.3) is 11.8 Å². The van der Waals surface area contributed by atoms with E-state index in [9.17, 15) is 24.0 Å². The number of rotatable bonds is 7. The lowest BCUT2D eigenvalue weighted by Gasteiger charge is -2.24. The zero-order valence-electron chi connectivity index (χ0n) is 15.6. The van der Waals surface area contributed by atoms with Gasteiger partial charge in [0.1, 0.15) is 23.9 Å². The lowest BCUT2D eigenvalue weighted by molar-refractivity contribution is -0.125. The van der Waals surface area contributed by atoms with Gasteiger partial charge in [-0.05, 0) is 37.5 Å². The van der Waals surface area contributed by atoms with Crippen LogP contribution in [0.1, 0.15) is 59.2 Å². The maximum absolute atomic E-state index is 12.9. The molecule has 1 aliphatic heterocycles. The quantitative estimate of drug-likeness (QED) is 0.558. The monoisotopic (exact) mass is 386 g/mol. The van der Waals surface area contributed by atoms with Crippen LogP contribution < -0.4 is 10.1 Å². The van der Waals surface area contributed by atoms with Crippen LogP contribution in [0.2, 0.25) is 0 Å². The predicted molar refractivity (Wildman–Crippen MR) is 98.0 cm³/mol. The van der Waals surface area contributed by atoms with Crippen LogP contribution in [0.5, 0.6) is 5.75 Å². The summed E-state index contributed by atoms with van der Waals surface area (Å²) in [5.74, 6) is -0.968. The molecule has 1 aromatic rings. The average molecular weight is 386 g/mol. The molecule has 1 N–H and O–H groups in total. The van der Waals surface area contributed by atoms with Crippen molar-refractivity contribution in [3.05, 3.63) is 29.3 Å². The van der Waals surface area contributed by atoms with E-state index >= 15 is 0 Å². The Morgan fingerprint density at radius 2 is 1.89 bits per heavy atom. The third kappa shape index (κ3) is 3.81. The molecule has 0 spiro atoms. The van der Waals surface area contributed by atoms with Crippen LogP contribution in [0.4, 0.5) is 0 Å². The Morgan fingerprint density at radius 3 is 2.54 bits per heavy atom. The standard InChI is InChI=1S/C20H22N2O6/c1-21-18(25)17(3-2-10-23)22-19(26)15-9-8-14(11-16(15)20(22)27)28-13-6-4-12(24)5-7-13/h8-11,13,17H,2-7H2,1H3,(H,21,25). The topological polar surface area (TPSA) is 110 Å². The van der Waals surface area contributed by atoms with E-state index in [1.165, 1.54) is 19.2 Å². The van der Waals surface area contributed by atoms with Crippen molar-refractivity contribution >= 4 is 29.8 Å². The van der Waals surface area contributed by atoms with Crippen molar-refractivity contribution in [1.82, 2.24) is 10.2 Å². The number of ether oxygens (including phenoxy) is 1. The summed E-state index contributed by atoms with van der Waals surface area (Å²) in [6, 6.07) is 3.59. The third-order valence-electron chi connectivity index (χ3n) is 5.10. The van der Waals surface area contributed by atoms with Gasteiger partial charge < -0.3 is 14.8 Å². The van der Waals surface area contributed by atoms with Crippen molar-refractivity contribution in [1.29, 1.82) is 0 Å². The van der Waals surface area contributed by atoms with Crippen molar-refractivity contribution in [2.45, 2.75) is 50.7 Å². The number of nitrogens with one attached hydrogen (secondary N) is 1. The summed E-state index contributed by atoms with van der Waals surface area (Å²) < 4.78 is 5.88. The lowest BCUT2D eigenvalue weighted by atomic mass is 9.96. The molecule has 1 atom stereocenters. The van der Waals surface area contributed by atoms with Crippen molar-refractivity contribution in [3.8, 4) is 5.75 Å². The number of nitrogens with zero attached hydrogens (tertiary/aromatic N) is 1. The van der Waals surface area contributed by atoms with E-state index in [-0.39, 0.29) is 35.9 Å². The van der Waals surface area contributed by atoms with Crippen molar-refractivity contribution in [3.63, 3.8) is 0 Å². The summed E-state index contributed by atoms with van der Waals surface area (Å²) in [6.07, 6.45) is 2.86. The Hall–Kier alpha value is -3.03. The number of ketones is 1. The second-order valence-electron chi connectivity index (χ2n) is 6.92. The van der Waals surface area contributed by atoms with Crippen molar-refractivity contribution < 1.29 is 28.7 Å². The summed E-state index contributed by atoms with van der Waals surface area (Å²) in [5.41, 5.74) is 0.380. The Labute approximate surface area is 162 Å². The maximum atomic E-state index is 12.9. The Morgan fingerprint density at radius 1 is 1.21 bits per heavy atom. The van der Waals surface area contributed by atoms with Gasteiger partial charge in [0.2, 0.25) is 5.91 Å². The number of Topliss-reactive ketones (excluding diaryl/α,β-unsaturated/α-hetero) is 1. The molecule has 1 aromatic carbocycles. The summed E-state index contributed by atoms with van der Waals surface area (Å²) in [6.45, 7) is 0. The van der Waals surface area contributed by atoms with Crippen LogP contribution in [0, 0.1) is 0 Å². The molecule has 3 rings (SSSR count). The highest BCUT2D eigenvalue weighted by atomic mass is 16.5. The van der Waals surface area contributed by atoms with Crippen LogP contribution in [-0.2, 0) is 14.4 Å². The van der Waals surface area contributed by atoms with E-state index in [1.54, 1.807) is 6.07 Å². The summed E-state index contributed by atoms with van der Waals surface area (Å²) in [4.78, 5) is 60.7. The molecule has 1 unspecified atom stereocenters. The molecule has 28 heavy (non-hydrogen) atoms. The first-order valence-corrected chi connectivity index (χ1v) is 9.31. The zero-order valence-corrected chi connectivity index (χ0v) is 15.6. The smallest absolute Gasteiger partial charge is 0.262 e. The number of amides is 3. The van der Waals surface area contributed by atoms with Gasteiger partial charge in [-0.25, -0.2) is 0 Å². The second-order valence-corrected chi connectivity index (χ2v) is 6.92. The molecule has 3 amide bonds. The Bertz CT molecular complexity index is 824. The third-order valence-corrected chi connectivity index (χ3v) is 5.10. The summed E-state index contributed by atoms with van der Waals surface area (Å²) in [5, 5.41) is 2.43. The molecule has 1 saturated carbocycles. The number of benzene rings is 1. The first-order chi connectivity index (χ1) is 13.5. The fourth-order valence-electron chi connectivity index (χ4n) is 3.59. The minimum Gasteiger partial charge on any atom is -0.490 e. The summed E-state index contributed by atoms with van der Waals surface area (Å²) >= 11 is 0. The van der Waals surface area contributed by atoms with Gasteiger partial charge >= 0.3 is 0 Å². The van der Waals surface area contributed by atoms with Crippen molar-refractivity contribution in [2.75, 3.05) is 7.05 Å². The number of fused-ring (bicyclic) bond motifs is 1. The Balaban J connectivity index is 1.81. The average Bonchev–Trinajstić information content (AvgIpc) is 2.94. The van der Waals surface area contributed by atoms with Crippen LogP contribution in [0.3, 0.4) is 0 Å². The van der Waals surface area contributed by atoms with Gasteiger partial charge in [-0.2, -0.15) is 0 Å². The van der Waals surface area contributed by atoms with E-state index in [4.69, 9.17) is 4.74 Å². The highest BCUT2D eigenvalue weighted by Gasteiger charge is 2.42. The van der Waals surface area contributed by atoms with E-state index < -0.39 is 23.8 Å². The van der Waals surface area contributed by atoms with Crippen LogP contribution in [0.15, 0.2) is 18.2 Å².